The van der Waals surface area contributed by atoms with Crippen molar-refractivity contribution in [1.82, 2.24) is 0 Å². The maximum Gasteiger partial charge on any atom is 0.336 e. The van der Waals surface area contributed by atoms with Crippen LogP contribution in [0.4, 0.5) is 0 Å². The van der Waals surface area contributed by atoms with E-state index in [0.29, 0.717) is 19.3 Å². The molecule has 3 N–H and O–H groups in total. The van der Waals surface area contributed by atoms with E-state index < -0.39 is 42.5 Å². The average molecular weight is 473 g/mol. The van der Waals surface area contributed by atoms with Gasteiger partial charge in [-0.1, -0.05) is 84.5 Å². The number of unbranched alkanes of at least 4 members (excludes halogenated alkanes) is 11. The van der Waals surface area contributed by atoms with Crippen molar-refractivity contribution in [2.45, 2.75) is 135 Å². The van der Waals surface area contributed by atoms with Crippen molar-refractivity contribution in [3.63, 3.8) is 0 Å². The van der Waals surface area contributed by atoms with Crippen LogP contribution in [0, 0.1) is 0 Å². The lowest BCUT2D eigenvalue weighted by Crippen LogP contribution is -2.44. The minimum atomic E-state index is -2.77. The number of hydrogen-bond acceptors (Lipinski definition) is 6. The molecule has 0 aromatic heterocycles. The van der Waals surface area contributed by atoms with Crippen molar-refractivity contribution in [3.8, 4) is 0 Å². The van der Waals surface area contributed by atoms with Crippen LogP contribution >= 0.6 is 0 Å². The van der Waals surface area contributed by atoms with Gasteiger partial charge < -0.3 is 20.1 Å². The molecule has 0 aliphatic carbocycles. The van der Waals surface area contributed by atoms with Gasteiger partial charge in [0.25, 0.3) is 0 Å². The molecule has 0 aromatic rings. The molecule has 0 aromatic carbocycles. The van der Waals surface area contributed by atoms with E-state index >= 15 is 0 Å². The molecule has 0 fully saturated rings. The van der Waals surface area contributed by atoms with Crippen molar-refractivity contribution in [2.75, 3.05) is 0 Å². The number of aliphatic hydroxyl groups is 1. The molecule has 2 unspecified atom stereocenters. The number of rotatable bonds is 22. The summed E-state index contributed by atoms with van der Waals surface area (Å²) in [7, 11) is 0. The second kappa shape index (κ2) is 18.5. The highest BCUT2D eigenvalue weighted by atomic mass is 16.5. The number of carbonyl (C=O) groups excluding carboxylic acids is 2. The van der Waals surface area contributed by atoms with Crippen molar-refractivity contribution in [1.29, 1.82) is 0 Å². The molecule has 192 valence electrons. The number of carboxylic acids is 2. The first-order valence-corrected chi connectivity index (χ1v) is 12.6. The lowest BCUT2D eigenvalue weighted by molar-refractivity contribution is -0.174. The van der Waals surface area contributed by atoms with E-state index in [1.807, 2.05) is 0 Å². The quantitative estimate of drug-likeness (QED) is 0.147. The van der Waals surface area contributed by atoms with Crippen LogP contribution in [-0.4, -0.2) is 50.7 Å². The molecule has 0 radical (unpaired) electrons. The number of esters is 1. The Bertz CT molecular complexity index is 589. The summed E-state index contributed by atoms with van der Waals surface area (Å²) in [6.07, 6.45) is 10.9. The number of hydrogen-bond donors (Lipinski definition) is 3. The normalized spacial score (nSPS) is 13.8. The second-order valence-corrected chi connectivity index (χ2v) is 8.96. The van der Waals surface area contributed by atoms with Crippen LogP contribution < -0.4 is 0 Å². The van der Waals surface area contributed by atoms with Gasteiger partial charge in [-0.15, -0.1) is 0 Å². The van der Waals surface area contributed by atoms with Gasteiger partial charge in [0.1, 0.15) is 0 Å². The van der Waals surface area contributed by atoms with Crippen molar-refractivity contribution in [2.24, 2.45) is 0 Å². The summed E-state index contributed by atoms with van der Waals surface area (Å²) in [4.78, 5) is 47.2. The van der Waals surface area contributed by atoms with Crippen molar-refractivity contribution in [3.05, 3.63) is 0 Å². The number of aliphatic carboxylic acids is 2. The van der Waals surface area contributed by atoms with E-state index in [1.165, 1.54) is 25.7 Å². The molecule has 33 heavy (non-hydrogen) atoms. The monoisotopic (exact) mass is 472 g/mol. The number of carboxylic acid groups (broad SMARTS) is 2. The van der Waals surface area contributed by atoms with Gasteiger partial charge in [0.15, 0.2) is 17.5 Å². The fourth-order valence-corrected chi connectivity index (χ4v) is 3.72. The third-order valence-corrected chi connectivity index (χ3v) is 5.76. The zero-order valence-corrected chi connectivity index (χ0v) is 20.5. The summed E-state index contributed by atoms with van der Waals surface area (Å²) in [5.74, 6) is -4.65. The van der Waals surface area contributed by atoms with E-state index in [-0.39, 0.29) is 12.2 Å². The first-order valence-electron chi connectivity index (χ1n) is 12.6. The highest BCUT2D eigenvalue weighted by molar-refractivity contribution is 5.90. The summed E-state index contributed by atoms with van der Waals surface area (Å²) in [5, 5.41) is 28.1. The number of carbonyl (C=O) groups is 4. The summed E-state index contributed by atoms with van der Waals surface area (Å²) in [5.41, 5.74) is -2.77. The Morgan fingerprint density at radius 3 is 1.70 bits per heavy atom. The van der Waals surface area contributed by atoms with Crippen LogP contribution in [0.3, 0.4) is 0 Å². The van der Waals surface area contributed by atoms with Gasteiger partial charge in [0, 0.05) is 6.42 Å². The van der Waals surface area contributed by atoms with Crippen LogP contribution in [0.25, 0.3) is 0 Å². The molecule has 2 atom stereocenters. The Balaban J connectivity index is 4.81. The van der Waals surface area contributed by atoms with Gasteiger partial charge in [-0.25, -0.2) is 4.79 Å². The molecular weight excluding hydrogens is 428 g/mol. The van der Waals surface area contributed by atoms with Crippen molar-refractivity contribution >= 4 is 23.7 Å². The van der Waals surface area contributed by atoms with Crippen LogP contribution in [-0.2, 0) is 23.9 Å². The fourth-order valence-electron chi connectivity index (χ4n) is 3.72. The maximum atomic E-state index is 12.7. The fraction of sp³-hybridized carbons (Fsp3) is 0.840. The molecule has 0 amide bonds. The van der Waals surface area contributed by atoms with Crippen LogP contribution in [0.1, 0.15) is 123 Å². The van der Waals surface area contributed by atoms with Crippen LogP contribution in [0.15, 0.2) is 0 Å². The predicted molar refractivity (Wildman–Crippen MR) is 125 cm³/mol. The molecule has 0 heterocycles. The van der Waals surface area contributed by atoms with E-state index in [2.05, 4.69) is 13.8 Å². The molecule has 8 nitrogen and oxygen atoms in total. The molecule has 0 saturated carbocycles. The third-order valence-electron chi connectivity index (χ3n) is 5.76. The zero-order valence-electron chi connectivity index (χ0n) is 20.5. The molecule has 8 heteroatoms. The summed E-state index contributed by atoms with van der Waals surface area (Å²) >= 11 is 0. The Morgan fingerprint density at radius 1 is 0.727 bits per heavy atom. The highest BCUT2D eigenvalue weighted by Crippen LogP contribution is 2.20. The lowest BCUT2D eigenvalue weighted by atomic mass is 9.95. The maximum absolute atomic E-state index is 12.7. The first-order chi connectivity index (χ1) is 15.7. The zero-order chi connectivity index (χ0) is 25.1. The average Bonchev–Trinajstić information content (AvgIpc) is 2.73. The van der Waals surface area contributed by atoms with E-state index in [9.17, 15) is 24.3 Å². The summed E-state index contributed by atoms with van der Waals surface area (Å²) in [6.45, 7) is 4.27. The molecular formula is C25H44O8. The molecule has 0 saturated heterocycles. The molecule has 0 rings (SSSR count). The van der Waals surface area contributed by atoms with Crippen LogP contribution in [0.5, 0.6) is 0 Å². The minimum absolute atomic E-state index is 0.208. The minimum Gasteiger partial charge on any atom is -0.481 e. The second-order valence-electron chi connectivity index (χ2n) is 8.96. The topological polar surface area (TPSA) is 138 Å². The summed E-state index contributed by atoms with van der Waals surface area (Å²) < 4.78 is 5.27. The van der Waals surface area contributed by atoms with E-state index in [1.54, 1.807) is 0 Å². The Morgan fingerprint density at radius 2 is 1.21 bits per heavy atom. The van der Waals surface area contributed by atoms with E-state index in [0.717, 1.165) is 44.9 Å². The van der Waals surface area contributed by atoms with Gasteiger partial charge in [-0.2, -0.15) is 0 Å². The van der Waals surface area contributed by atoms with Gasteiger partial charge in [-0.3, -0.25) is 14.4 Å². The van der Waals surface area contributed by atoms with Crippen molar-refractivity contribution < 1.29 is 39.2 Å². The molecule has 0 aliphatic rings. The largest absolute Gasteiger partial charge is 0.481 e. The first kappa shape index (κ1) is 31.0. The highest BCUT2D eigenvalue weighted by Gasteiger charge is 2.42. The predicted octanol–water partition coefficient (Wildman–Crippen LogP) is 5.04. The Labute approximate surface area is 198 Å². The lowest BCUT2D eigenvalue weighted by Gasteiger charge is -2.22. The van der Waals surface area contributed by atoms with Gasteiger partial charge in [-0.05, 0) is 19.3 Å². The number of Topliss-reactive ketones (excluding diaryl/α,β-unsaturated/α-hetero) is 1. The van der Waals surface area contributed by atoms with Gasteiger partial charge in [0.2, 0.25) is 0 Å². The van der Waals surface area contributed by atoms with Gasteiger partial charge >= 0.3 is 17.9 Å². The summed E-state index contributed by atoms with van der Waals surface area (Å²) in [6, 6.07) is 0. The Kier molecular flexibility index (Phi) is 17.4. The van der Waals surface area contributed by atoms with Crippen LogP contribution in [0.2, 0.25) is 0 Å². The molecule has 0 bridgehead atoms. The SMILES string of the molecule is CCCCCCCCCCC(OC(=O)CC(O)(CC(=O)O)C(=O)O)C(=O)CCCCCCC. The number of ketones is 1. The molecule has 0 spiro atoms. The molecule has 0 aliphatic heterocycles. The smallest absolute Gasteiger partial charge is 0.336 e. The van der Waals surface area contributed by atoms with E-state index in [4.69, 9.17) is 14.9 Å². The van der Waals surface area contributed by atoms with Gasteiger partial charge in [0.05, 0.1) is 12.8 Å². The standard InChI is InChI=1S/C25H44O8/c1-3-5-7-9-10-11-13-15-17-21(20(26)16-14-12-8-6-4-2)33-23(29)19-25(32,24(30)31)18-22(27)28/h21,32H,3-19H2,1-2H3,(H,27,28)(H,30,31). The third kappa shape index (κ3) is 15.5. The Hall–Kier alpha value is -1.96. The number of ether oxygens (including phenoxy) is 1.